The minimum Gasteiger partial charge on any atom is -0.475 e. The summed E-state index contributed by atoms with van der Waals surface area (Å²) in [5.41, 5.74) is 1.21. The molecule has 3 aliphatic rings. The summed E-state index contributed by atoms with van der Waals surface area (Å²) >= 11 is 12.2. The third-order valence-corrected chi connectivity index (χ3v) is 8.07. The van der Waals surface area contributed by atoms with Crippen molar-refractivity contribution in [3.8, 4) is 0 Å². The number of amides is 1. The van der Waals surface area contributed by atoms with E-state index in [1.54, 1.807) is 6.07 Å². The molecule has 12 heteroatoms. The molecular weight excluding hydrogens is 522 g/mol. The number of piperazine rings is 1. The molecule has 2 atom stereocenters. The molecule has 1 aromatic carbocycles. The smallest absolute Gasteiger partial charge is 0.475 e. The molecule has 0 radical (unpaired) electrons. The predicted molar refractivity (Wildman–Crippen MR) is 132 cm³/mol. The molecule has 3 fully saturated rings. The van der Waals surface area contributed by atoms with Crippen molar-refractivity contribution in [3.63, 3.8) is 0 Å². The van der Waals surface area contributed by atoms with Crippen LogP contribution in [0.25, 0.3) is 0 Å². The number of carbonyl (C=O) groups is 2. The van der Waals surface area contributed by atoms with Crippen LogP contribution in [0.1, 0.15) is 39.0 Å². The monoisotopic (exact) mass is 553 g/mol. The summed E-state index contributed by atoms with van der Waals surface area (Å²) in [4.78, 5) is 28.2. The van der Waals surface area contributed by atoms with Gasteiger partial charge in [0.15, 0.2) is 0 Å². The second-order valence-electron chi connectivity index (χ2n) is 9.73. The molecule has 202 valence electrons. The van der Waals surface area contributed by atoms with Crippen LogP contribution in [0, 0.1) is 5.41 Å². The number of carboxylic acids is 1. The number of piperidine rings is 1. The number of likely N-dealkylation sites (tertiary alicyclic amines) is 1. The molecule has 4 rings (SSSR count). The minimum atomic E-state index is -5.08. The summed E-state index contributed by atoms with van der Waals surface area (Å²) in [7, 11) is 0. The second-order valence-corrected chi connectivity index (χ2v) is 10.5. The fourth-order valence-corrected chi connectivity index (χ4v) is 5.12. The zero-order valence-electron chi connectivity index (χ0n) is 20.1. The van der Waals surface area contributed by atoms with Crippen LogP contribution in [-0.2, 0) is 9.59 Å². The lowest BCUT2D eigenvalue weighted by Gasteiger charge is -2.40. The lowest BCUT2D eigenvalue weighted by molar-refractivity contribution is -0.192. The maximum Gasteiger partial charge on any atom is 0.490 e. The summed E-state index contributed by atoms with van der Waals surface area (Å²) in [5.74, 6) is -2.58. The summed E-state index contributed by atoms with van der Waals surface area (Å²) in [6, 6.07) is 5.34. The number of aliphatic hydroxyl groups is 1. The first kappa shape index (κ1) is 28.8. The fourth-order valence-electron chi connectivity index (χ4n) is 4.83. The molecular formula is C24H32Cl2F3N3O4. The molecule has 1 aromatic rings. The van der Waals surface area contributed by atoms with Gasteiger partial charge in [-0.25, -0.2) is 4.79 Å². The fraction of sp³-hybridized carbons (Fsp3) is 0.667. The highest BCUT2D eigenvalue weighted by Crippen LogP contribution is 2.53. The maximum atomic E-state index is 12.9. The first-order valence-electron chi connectivity index (χ1n) is 12.0. The Hall–Kier alpha value is -1.75. The average Bonchev–Trinajstić information content (AvgIpc) is 3.59. The number of aliphatic hydroxyl groups excluding tert-OH is 1. The van der Waals surface area contributed by atoms with Gasteiger partial charge in [-0.3, -0.25) is 4.79 Å². The molecule has 0 unspecified atom stereocenters. The number of alkyl halides is 3. The van der Waals surface area contributed by atoms with E-state index < -0.39 is 12.1 Å². The van der Waals surface area contributed by atoms with Crippen LogP contribution in [-0.4, -0.2) is 89.5 Å². The van der Waals surface area contributed by atoms with Gasteiger partial charge in [-0.15, -0.1) is 0 Å². The zero-order valence-corrected chi connectivity index (χ0v) is 21.6. The van der Waals surface area contributed by atoms with E-state index in [1.807, 2.05) is 24.0 Å². The van der Waals surface area contributed by atoms with Gasteiger partial charge in [-0.1, -0.05) is 23.2 Å². The normalized spacial score (nSPS) is 23.9. The second kappa shape index (κ2) is 11.8. The molecule has 2 heterocycles. The van der Waals surface area contributed by atoms with Crippen LogP contribution >= 0.6 is 23.2 Å². The summed E-state index contributed by atoms with van der Waals surface area (Å²) in [6.45, 7) is 7.23. The molecule has 0 aromatic heterocycles. The van der Waals surface area contributed by atoms with Crippen molar-refractivity contribution < 1.29 is 33.0 Å². The van der Waals surface area contributed by atoms with Gasteiger partial charge in [0.1, 0.15) is 6.04 Å². The van der Waals surface area contributed by atoms with Crippen LogP contribution in [0.5, 0.6) is 0 Å². The number of hydrogen-bond donors (Lipinski definition) is 2. The van der Waals surface area contributed by atoms with Crippen LogP contribution in [0.15, 0.2) is 18.2 Å². The summed E-state index contributed by atoms with van der Waals surface area (Å²) in [5, 5.41) is 18.5. The van der Waals surface area contributed by atoms with E-state index in [2.05, 4.69) is 9.80 Å². The van der Waals surface area contributed by atoms with E-state index in [0.29, 0.717) is 10.0 Å². The van der Waals surface area contributed by atoms with E-state index in [-0.39, 0.29) is 23.5 Å². The Kier molecular flexibility index (Phi) is 9.41. The van der Waals surface area contributed by atoms with E-state index in [1.165, 1.54) is 12.8 Å². The Balaban J connectivity index is 0.000000454. The van der Waals surface area contributed by atoms with Crippen molar-refractivity contribution in [3.05, 3.63) is 28.2 Å². The largest absolute Gasteiger partial charge is 0.490 e. The molecule has 1 saturated carbocycles. The number of hydrogen-bond acceptors (Lipinski definition) is 5. The number of aliphatic carboxylic acids is 1. The highest BCUT2D eigenvalue weighted by atomic mass is 35.5. The van der Waals surface area contributed by atoms with Crippen molar-refractivity contribution >= 4 is 40.8 Å². The van der Waals surface area contributed by atoms with Gasteiger partial charge < -0.3 is 24.9 Å². The molecule has 2 N–H and O–H groups in total. The van der Waals surface area contributed by atoms with Crippen LogP contribution in [0.4, 0.5) is 18.9 Å². The topological polar surface area (TPSA) is 84.3 Å². The lowest BCUT2D eigenvalue weighted by Crippen LogP contribution is -2.56. The van der Waals surface area contributed by atoms with Gasteiger partial charge in [-0.2, -0.15) is 13.2 Å². The van der Waals surface area contributed by atoms with E-state index in [4.69, 9.17) is 33.1 Å². The number of halogens is 5. The summed E-state index contributed by atoms with van der Waals surface area (Å²) in [6.07, 6.45) is 0.388. The molecule has 7 nitrogen and oxygen atoms in total. The number of unbranched alkanes of at least 4 members (excludes halogenated alkanes) is 1. The number of carbonyl (C=O) groups excluding carboxylic acids is 1. The maximum absolute atomic E-state index is 12.9. The quantitative estimate of drug-likeness (QED) is 0.511. The third-order valence-electron chi connectivity index (χ3n) is 7.33. The van der Waals surface area contributed by atoms with Gasteiger partial charge in [0.25, 0.3) is 0 Å². The number of rotatable bonds is 6. The Morgan fingerprint density at radius 1 is 1.08 bits per heavy atom. The first-order chi connectivity index (χ1) is 16.8. The third kappa shape index (κ3) is 7.18. The standard InChI is InChI=1S/C22H31Cl2N3O2.C2HF3O2/c1-16-21(29)26(12-13-27(16)17-4-5-18(23)19(24)14-17)10-3-2-9-25-11-8-22(6-7-22)20(28)15-25;3-2(4,5)1(6)7/h4-5,14,16,20,28H,2-3,6-13,15H2,1H3;(H,6,7)/t16-,20+;/m0./s1. The minimum absolute atomic E-state index is 0.145. The molecule has 2 saturated heterocycles. The van der Waals surface area contributed by atoms with Crippen molar-refractivity contribution in [1.82, 2.24) is 9.80 Å². The van der Waals surface area contributed by atoms with Gasteiger partial charge >= 0.3 is 12.1 Å². The van der Waals surface area contributed by atoms with Gasteiger partial charge in [0, 0.05) is 31.9 Å². The zero-order chi connectivity index (χ0) is 26.7. The van der Waals surface area contributed by atoms with Gasteiger partial charge in [0.05, 0.1) is 16.1 Å². The molecule has 2 aliphatic heterocycles. The molecule has 1 aliphatic carbocycles. The Labute approximate surface area is 218 Å². The van der Waals surface area contributed by atoms with Crippen molar-refractivity contribution in [2.45, 2.75) is 57.3 Å². The van der Waals surface area contributed by atoms with Crippen LogP contribution in [0.3, 0.4) is 0 Å². The summed E-state index contributed by atoms with van der Waals surface area (Å²) < 4.78 is 31.7. The number of benzene rings is 1. The van der Waals surface area contributed by atoms with Crippen molar-refractivity contribution in [1.29, 1.82) is 0 Å². The van der Waals surface area contributed by atoms with E-state index >= 15 is 0 Å². The SMILES string of the molecule is C[C@H]1C(=O)N(CCCCN2CCC3(CC3)[C@H](O)C2)CCN1c1ccc(Cl)c(Cl)c1.O=C(O)C(F)(F)F. The molecule has 0 bridgehead atoms. The number of anilines is 1. The molecule has 1 spiro atoms. The van der Waals surface area contributed by atoms with Gasteiger partial charge in [0.2, 0.25) is 5.91 Å². The average molecular weight is 554 g/mol. The number of nitrogens with zero attached hydrogens (tertiary/aromatic N) is 3. The lowest BCUT2D eigenvalue weighted by atomic mass is 9.90. The van der Waals surface area contributed by atoms with Gasteiger partial charge in [-0.05, 0) is 75.7 Å². The van der Waals surface area contributed by atoms with E-state index in [0.717, 1.165) is 64.2 Å². The Morgan fingerprint density at radius 2 is 1.72 bits per heavy atom. The first-order valence-corrected chi connectivity index (χ1v) is 12.8. The Bertz CT molecular complexity index is 946. The molecule has 1 amide bonds. The van der Waals surface area contributed by atoms with Crippen molar-refractivity contribution in [2.24, 2.45) is 5.41 Å². The van der Waals surface area contributed by atoms with Crippen molar-refractivity contribution in [2.75, 3.05) is 44.2 Å². The highest BCUT2D eigenvalue weighted by molar-refractivity contribution is 6.42. The van der Waals surface area contributed by atoms with Crippen LogP contribution < -0.4 is 4.90 Å². The predicted octanol–water partition coefficient (Wildman–Crippen LogP) is 4.29. The van der Waals surface area contributed by atoms with Crippen LogP contribution in [0.2, 0.25) is 10.0 Å². The highest BCUT2D eigenvalue weighted by Gasteiger charge is 2.51. The molecule has 36 heavy (non-hydrogen) atoms. The number of carboxylic acid groups (broad SMARTS) is 1. The van der Waals surface area contributed by atoms with E-state index in [9.17, 15) is 23.1 Å². The number of β-amino-alcohol motifs (C(OH)–C–C–N with tert-alkyl or cyclic N) is 1. The Morgan fingerprint density at radius 3 is 2.28 bits per heavy atom.